The lowest BCUT2D eigenvalue weighted by molar-refractivity contribution is 0.464. The predicted octanol–water partition coefficient (Wildman–Crippen LogP) is 1.63. The van der Waals surface area contributed by atoms with E-state index in [9.17, 15) is 8.42 Å². The van der Waals surface area contributed by atoms with E-state index in [4.69, 9.17) is 0 Å². The molecule has 0 amide bonds. The number of hydrogen-bond donors (Lipinski definition) is 2. The second-order valence-electron chi connectivity index (χ2n) is 5.71. The van der Waals surface area contributed by atoms with Crippen molar-refractivity contribution in [3.8, 4) is 0 Å². The van der Waals surface area contributed by atoms with Crippen molar-refractivity contribution >= 4 is 40.0 Å². The van der Waals surface area contributed by atoms with Crippen molar-refractivity contribution in [2.45, 2.75) is 46.6 Å². The summed E-state index contributed by atoms with van der Waals surface area (Å²) in [5.74, 6) is 0.905. The third-order valence-corrected chi connectivity index (χ3v) is 4.44. The maximum Gasteiger partial charge on any atom is 0.213 e. The molecule has 0 aliphatic heterocycles. The smallest absolute Gasteiger partial charge is 0.213 e. The van der Waals surface area contributed by atoms with Crippen LogP contribution in [0.2, 0.25) is 0 Å². The Bertz CT molecular complexity index is 405. The van der Waals surface area contributed by atoms with Crippen molar-refractivity contribution in [1.29, 1.82) is 0 Å². The number of nitrogens with zero attached hydrogens (tertiary/aromatic N) is 2. The van der Waals surface area contributed by atoms with Crippen molar-refractivity contribution in [2.75, 3.05) is 32.4 Å². The molecule has 0 rings (SSSR count). The van der Waals surface area contributed by atoms with Gasteiger partial charge in [0.05, 0.1) is 5.75 Å². The Labute approximate surface area is 147 Å². The lowest BCUT2D eigenvalue weighted by Gasteiger charge is -2.23. The molecule has 0 aliphatic rings. The van der Waals surface area contributed by atoms with Gasteiger partial charge in [0, 0.05) is 32.2 Å². The minimum Gasteiger partial charge on any atom is -0.357 e. The van der Waals surface area contributed by atoms with Crippen LogP contribution in [0.3, 0.4) is 0 Å². The monoisotopic (exact) mass is 434 g/mol. The van der Waals surface area contributed by atoms with Crippen LogP contribution in [0.25, 0.3) is 0 Å². The summed E-state index contributed by atoms with van der Waals surface area (Å²) in [5.41, 5.74) is -0.0522. The molecule has 0 atom stereocenters. The van der Waals surface area contributed by atoms with Crippen LogP contribution >= 0.6 is 24.0 Å². The number of aliphatic imine (C=N–C) groups is 1. The van der Waals surface area contributed by atoms with Crippen LogP contribution in [-0.2, 0) is 10.0 Å². The second kappa shape index (κ2) is 10.6. The van der Waals surface area contributed by atoms with Gasteiger partial charge in [0.15, 0.2) is 5.96 Å². The zero-order valence-corrected chi connectivity index (χ0v) is 17.2. The lowest BCUT2D eigenvalue weighted by Crippen LogP contribution is -2.47. The molecule has 0 aromatic rings. The maximum atomic E-state index is 11.6. The molecule has 0 fully saturated rings. The zero-order valence-electron chi connectivity index (χ0n) is 14.1. The third-order valence-electron chi connectivity index (χ3n) is 2.58. The minimum atomic E-state index is -3.08. The number of rotatable bonds is 7. The molecule has 2 N–H and O–H groups in total. The van der Waals surface area contributed by atoms with Gasteiger partial charge in [-0.1, -0.05) is 0 Å². The van der Waals surface area contributed by atoms with Crippen molar-refractivity contribution in [3.05, 3.63) is 0 Å². The van der Waals surface area contributed by atoms with Crippen LogP contribution in [0.5, 0.6) is 0 Å². The molecule has 0 aliphatic carbocycles. The topological polar surface area (TPSA) is 73.8 Å². The molecule has 6 nitrogen and oxygen atoms in total. The largest absolute Gasteiger partial charge is 0.357 e. The van der Waals surface area contributed by atoms with Crippen LogP contribution in [0.1, 0.15) is 41.0 Å². The molecule has 8 heteroatoms. The van der Waals surface area contributed by atoms with E-state index in [0.29, 0.717) is 19.5 Å². The van der Waals surface area contributed by atoms with Crippen molar-refractivity contribution in [1.82, 2.24) is 14.9 Å². The average Bonchev–Trinajstić information content (AvgIpc) is 2.32. The summed E-state index contributed by atoms with van der Waals surface area (Å²) in [6.45, 7) is 11.8. The zero-order chi connectivity index (χ0) is 15.8. The number of nitrogens with one attached hydrogen (secondary N) is 2. The summed E-state index contributed by atoms with van der Waals surface area (Å²) in [4.78, 5) is 4.45. The highest BCUT2D eigenvalue weighted by molar-refractivity contribution is 14.0. The van der Waals surface area contributed by atoms with Gasteiger partial charge in [0.1, 0.15) is 0 Å². The van der Waals surface area contributed by atoms with Crippen LogP contribution in [0, 0.1) is 0 Å². The van der Waals surface area contributed by atoms with Crippen molar-refractivity contribution in [2.24, 2.45) is 4.99 Å². The third kappa shape index (κ3) is 11.2. The molecular formula is C13H31IN4O2S. The van der Waals surface area contributed by atoms with Gasteiger partial charge in [-0.3, -0.25) is 4.99 Å². The highest BCUT2D eigenvalue weighted by atomic mass is 127. The summed E-state index contributed by atoms with van der Waals surface area (Å²) in [6, 6.07) is 0. The Hall–Kier alpha value is -0.0900. The lowest BCUT2D eigenvalue weighted by atomic mass is 10.1. The number of guanidine groups is 1. The van der Waals surface area contributed by atoms with E-state index in [0.717, 1.165) is 12.5 Å². The Balaban J connectivity index is 0. The summed E-state index contributed by atoms with van der Waals surface area (Å²) >= 11 is 0. The van der Waals surface area contributed by atoms with Gasteiger partial charge in [-0.15, -0.1) is 24.0 Å². The first-order chi connectivity index (χ1) is 9.12. The van der Waals surface area contributed by atoms with E-state index < -0.39 is 10.0 Å². The standard InChI is InChI=1S/C13H30N4O2S.HI/c1-7-14-12(16-13(3,4)5)15-10-9-11-17(6)20(18,19)8-2;/h7-11H2,1-6H3,(H2,14,15,16);1H. The fourth-order valence-electron chi connectivity index (χ4n) is 1.51. The van der Waals surface area contributed by atoms with Crippen LogP contribution in [0.4, 0.5) is 0 Å². The maximum absolute atomic E-state index is 11.6. The molecule has 0 spiro atoms. The van der Waals surface area contributed by atoms with Crippen LogP contribution < -0.4 is 10.6 Å². The molecule has 0 heterocycles. The van der Waals surface area contributed by atoms with Gasteiger partial charge in [0.25, 0.3) is 0 Å². The van der Waals surface area contributed by atoms with Gasteiger partial charge in [-0.05, 0) is 41.0 Å². The number of sulfonamides is 1. The fraction of sp³-hybridized carbons (Fsp3) is 0.923. The first kappa shape index (κ1) is 23.2. The van der Waals surface area contributed by atoms with Gasteiger partial charge in [-0.2, -0.15) is 0 Å². The Kier molecular flexibility index (Phi) is 11.7. The molecule has 0 aromatic heterocycles. The first-order valence-corrected chi connectivity index (χ1v) is 8.73. The van der Waals surface area contributed by atoms with Gasteiger partial charge in [-0.25, -0.2) is 12.7 Å². The molecular weight excluding hydrogens is 403 g/mol. The summed E-state index contributed by atoms with van der Waals surface area (Å²) < 4.78 is 24.6. The summed E-state index contributed by atoms with van der Waals surface area (Å²) in [7, 11) is -1.47. The summed E-state index contributed by atoms with van der Waals surface area (Å²) in [5, 5.41) is 6.47. The van der Waals surface area contributed by atoms with E-state index in [1.807, 2.05) is 6.92 Å². The Morgan fingerprint density at radius 3 is 2.24 bits per heavy atom. The van der Waals surface area contributed by atoms with Gasteiger partial charge in [0.2, 0.25) is 10.0 Å². The van der Waals surface area contributed by atoms with Gasteiger partial charge >= 0.3 is 0 Å². The van der Waals surface area contributed by atoms with E-state index in [1.54, 1.807) is 14.0 Å². The number of halogens is 1. The number of hydrogen-bond acceptors (Lipinski definition) is 3. The van der Waals surface area contributed by atoms with E-state index in [1.165, 1.54) is 4.31 Å². The molecule has 0 bridgehead atoms. The highest BCUT2D eigenvalue weighted by Crippen LogP contribution is 2.00. The summed E-state index contributed by atoms with van der Waals surface area (Å²) in [6.07, 6.45) is 0.705. The first-order valence-electron chi connectivity index (χ1n) is 7.13. The van der Waals surface area contributed by atoms with Crippen molar-refractivity contribution in [3.63, 3.8) is 0 Å². The molecule has 0 aromatic carbocycles. The molecule has 0 radical (unpaired) electrons. The van der Waals surface area contributed by atoms with E-state index in [2.05, 4.69) is 36.4 Å². The molecule has 0 saturated heterocycles. The minimum absolute atomic E-state index is 0. The SMILES string of the molecule is CCNC(=NCCCN(C)S(=O)(=O)CC)NC(C)(C)C.I. The molecule has 21 heavy (non-hydrogen) atoms. The second-order valence-corrected chi connectivity index (χ2v) is 8.08. The normalized spacial score (nSPS) is 13.0. The Morgan fingerprint density at radius 2 is 1.81 bits per heavy atom. The molecule has 0 saturated carbocycles. The van der Waals surface area contributed by atoms with E-state index in [-0.39, 0.29) is 35.3 Å². The average molecular weight is 434 g/mol. The Morgan fingerprint density at radius 1 is 1.24 bits per heavy atom. The molecule has 0 unspecified atom stereocenters. The van der Waals surface area contributed by atoms with Crippen molar-refractivity contribution < 1.29 is 8.42 Å². The quantitative estimate of drug-likeness (QED) is 0.277. The predicted molar refractivity (Wildman–Crippen MR) is 101 cm³/mol. The van der Waals surface area contributed by atoms with Gasteiger partial charge < -0.3 is 10.6 Å². The van der Waals surface area contributed by atoms with Crippen LogP contribution in [0.15, 0.2) is 4.99 Å². The molecule has 128 valence electrons. The van der Waals surface area contributed by atoms with E-state index >= 15 is 0 Å². The highest BCUT2D eigenvalue weighted by Gasteiger charge is 2.14. The van der Waals surface area contributed by atoms with Crippen LogP contribution in [-0.4, -0.2) is 56.7 Å². The fourth-order valence-corrected chi connectivity index (χ4v) is 2.35.